The summed E-state index contributed by atoms with van der Waals surface area (Å²) >= 11 is 0. The van der Waals surface area contributed by atoms with Crippen molar-refractivity contribution in [1.82, 2.24) is 5.43 Å². The summed E-state index contributed by atoms with van der Waals surface area (Å²) in [6, 6.07) is 9.26. The molecule has 0 aromatic heterocycles. The molecule has 0 unspecified atom stereocenters. The van der Waals surface area contributed by atoms with Crippen LogP contribution in [0.4, 0.5) is 0 Å². The Morgan fingerprint density at radius 3 is 2.57 bits per heavy atom. The van der Waals surface area contributed by atoms with Gasteiger partial charge in [0.05, 0.1) is 5.92 Å². The maximum atomic E-state index is 11.4. The highest BCUT2D eigenvalue weighted by molar-refractivity contribution is 5.83. The fraction of sp³-hybridized carbons (Fsp3) is 0.300. The smallest absolute Gasteiger partial charge is 0.241 e. The number of benzene rings is 1. The number of nitrogens with one attached hydrogen (secondary N) is 1. The molecule has 0 aliphatic rings. The van der Waals surface area contributed by atoms with E-state index in [4.69, 9.17) is 10.9 Å². The van der Waals surface area contributed by atoms with Gasteiger partial charge in [0.15, 0.2) is 0 Å². The third kappa shape index (κ3) is 2.55. The first-order valence-corrected chi connectivity index (χ1v) is 4.46. The SMILES string of the molecule is NNC(=O)[C@H](CCO)c1ccccc1. The molecule has 4 N–H and O–H groups in total. The molecule has 4 heteroatoms. The minimum atomic E-state index is -0.369. The van der Waals surface area contributed by atoms with Crippen molar-refractivity contribution in [1.29, 1.82) is 0 Å². The zero-order valence-corrected chi connectivity index (χ0v) is 7.81. The van der Waals surface area contributed by atoms with Gasteiger partial charge in [-0.05, 0) is 12.0 Å². The number of hydrogen-bond donors (Lipinski definition) is 3. The van der Waals surface area contributed by atoms with E-state index in [2.05, 4.69) is 5.43 Å². The number of carbonyl (C=O) groups is 1. The van der Waals surface area contributed by atoms with E-state index in [-0.39, 0.29) is 18.4 Å². The van der Waals surface area contributed by atoms with Crippen LogP contribution in [0.1, 0.15) is 17.9 Å². The highest BCUT2D eigenvalue weighted by Crippen LogP contribution is 2.18. The Hall–Kier alpha value is -1.39. The predicted molar refractivity (Wildman–Crippen MR) is 53.2 cm³/mol. The monoisotopic (exact) mass is 194 g/mol. The summed E-state index contributed by atoms with van der Waals surface area (Å²) < 4.78 is 0. The first-order chi connectivity index (χ1) is 6.79. The van der Waals surface area contributed by atoms with Crippen LogP contribution >= 0.6 is 0 Å². The third-order valence-electron chi connectivity index (χ3n) is 2.08. The van der Waals surface area contributed by atoms with Crippen LogP contribution in [-0.2, 0) is 4.79 Å². The maximum Gasteiger partial charge on any atom is 0.241 e. The van der Waals surface area contributed by atoms with Crippen molar-refractivity contribution >= 4 is 5.91 Å². The van der Waals surface area contributed by atoms with Gasteiger partial charge in [0, 0.05) is 6.61 Å². The molecule has 4 nitrogen and oxygen atoms in total. The average molecular weight is 194 g/mol. The van der Waals surface area contributed by atoms with Crippen LogP contribution in [0.5, 0.6) is 0 Å². The summed E-state index contributed by atoms with van der Waals surface area (Å²) in [5.41, 5.74) is 2.96. The van der Waals surface area contributed by atoms with Crippen LogP contribution < -0.4 is 11.3 Å². The van der Waals surface area contributed by atoms with Crippen molar-refractivity contribution in [2.45, 2.75) is 12.3 Å². The normalized spacial score (nSPS) is 12.1. The number of carbonyl (C=O) groups excluding carboxylic acids is 1. The Labute approximate surface area is 82.7 Å². The van der Waals surface area contributed by atoms with E-state index in [9.17, 15) is 4.79 Å². The predicted octanol–water partition coefficient (Wildman–Crippen LogP) is 0.142. The van der Waals surface area contributed by atoms with Gasteiger partial charge in [0.2, 0.25) is 5.91 Å². The van der Waals surface area contributed by atoms with E-state index in [0.29, 0.717) is 6.42 Å². The molecule has 76 valence electrons. The van der Waals surface area contributed by atoms with Gasteiger partial charge in [0.25, 0.3) is 0 Å². The Bertz CT molecular complexity index is 287. The van der Waals surface area contributed by atoms with Gasteiger partial charge >= 0.3 is 0 Å². The molecule has 0 saturated heterocycles. The van der Waals surface area contributed by atoms with Gasteiger partial charge in [-0.1, -0.05) is 30.3 Å². The lowest BCUT2D eigenvalue weighted by Crippen LogP contribution is -2.35. The van der Waals surface area contributed by atoms with Gasteiger partial charge in [-0.3, -0.25) is 10.2 Å². The first-order valence-electron chi connectivity index (χ1n) is 4.46. The van der Waals surface area contributed by atoms with E-state index in [1.54, 1.807) is 0 Å². The topological polar surface area (TPSA) is 75.3 Å². The Morgan fingerprint density at radius 1 is 1.43 bits per heavy atom. The molecule has 14 heavy (non-hydrogen) atoms. The van der Waals surface area contributed by atoms with Gasteiger partial charge in [-0.15, -0.1) is 0 Å². The zero-order valence-electron chi connectivity index (χ0n) is 7.81. The van der Waals surface area contributed by atoms with E-state index in [1.165, 1.54) is 0 Å². The molecule has 0 radical (unpaired) electrons. The highest BCUT2D eigenvalue weighted by atomic mass is 16.3. The van der Waals surface area contributed by atoms with Crippen LogP contribution in [0.15, 0.2) is 30.3 Å². The molecule has 0 aliphatic carbocycles. The Morgan fingerprint density at radius 2 is 2.07 bits per heavy atom. The van der Waals surface area contributed by atoms with E-state index in [0.717, 1.165) is 5.56 Å². The highest BCUT2D eigenvalue weighted by Gasteiger charge is 2.18. The molecule has 1 aromatic carbocycles. The first kappa shape index (κ1) is 10.7. The number of amides is 1. The van der Waals surface area contributed by atoms with Gasteiger partial charge in [0.1, 0.15) is 0 Å². The fourth-order valence-electron chi connectivity index (χ4n) is 1.36. The fourth-order valence-corrected chi connectivity index (χ4v) is 1.36. The molecule has 1 amide bonds. The lowest BCUT2D eigenvalue weighted by Gasteiger charge is -2.13. The second-order valence-electron chi connectivity index (χ2n) is 2.98. The molecule has 0 fully saturated rings. The van der Waals surface area contributed by atoms with Crippen molar-refractivity contribution in [2.75, 3.05) is 6.61 Å². The van der Waals surface area contributed by atoms with E-state index in [1.807, 2.05) is 30.3 Å². The summed E-state index contributed by atoms with van der Waals surface area (Å²) in [4.78, 5) is 11.4. The number of rotatable bonds is 4. The van der Waals surface area contributed by atoms with Crippen LogP contribution in [0.2, 0.25) is 0 Å². The molecule has 0 aliphatic heterocycles. The van der Waals surface area contributed by atoms with Gasteiger partial charge < -0.3 is 5.11 Å². The van der Waals surface area contributed by atoms with Crippen LogP contribution in [0, 0.1) is 0 Å². The minimum absolute atomic E-state index is 0.0347. The van der Waals surface area contributed by atoms with Crippen molar-refractivity contribution in [3.8, 4) is 0 Å². The lowest BCUT2D eigenvalue weighted by atomic mass is 9.95. The maximum absolute atomic E-state index is 11.4. The summed E-state index contributed by atoms with van der Waals surface area (Å²) in [6.07, 6.45) is 0.382. The van der Waals surface area contributed by atoms with Gasteiger partial charge in [-0.25, -0.2) is 5.84 Å². The van der Waals surface area contributed by atoms with Crippen molar-refractivity contribution in [3.63, 3.8) is 0 Å². The number of hydrogen-bond acceptors (Lipinski definition) is 3. The number of hydrazine groups is 1. The molecule has 1 aromatic rings. The zero-order chi connectivity index (χ0) is 10.4. The molecular formula is C10H14N2O2. The molecule has 0 bridgehead atoms. The Balaban J connectivity index is 2.83. The van der Waals surface area contributed by atoms with Crippen molar-refractivity contribution in [2.24, 2.45) is 5.84 Å². The number of aliphatic hydroxyl groups excluding tert-OH is 1. The second-order valence-corrected chi connectivity index (χ2v) is 2.98. The quantitative estimate of drug-likeness (QED) is 0.362. The molecule has 1 atom stereocenters. The largest absolute Gasteiger partial charge is 0.396 e. The molecule has 0 heterocycles. The minimum Gasteiger partial charge on any atom is -0.396 e. The third-order valence-corrected chi connectivity index (χ3v) is 2.08. The summed E-state index contributed by atoms with van der Waals surface area (Å²) in [7, 11) is 0. The lowest BCUT2D eigenvalue weighted by molar-refractivity contribution is -0.123. The summed E-state index contributed by atoms with van der Waals surface area (Å²) in [5.74, 6) is 4.42. The van der Waals surface area contributed by atoms with Crippen molar-refractivity contribution in [3.05, 3.63) is 35.9 Å². The average Bonchev–Trinajstić information content (AvgIpc) is 2.26. The summed E-state index contributed by atoms with van der Waals surface area (Å²) in [6.45, 7) is -0.0347. The van der Waals surface area contributed by atoms with E-state index < -0.39 is 0 Å². The number of nitrogens with two attached hydrogens (primary N) is 1. The van der Waals surface area contributed by atoms with Gasteiger partial charge in [-0.2, -0.15) is 0 Å². The van der Waals surface area contributed by atoms with Crippen LogP contribution in [0.25, 0.3) is 0 Å². The standard InChI is InChI=1S/C10H14N2O2/c11-12-10(14)9(6-7-13)8-4-2-1-3-5-8/h1-5,9,13H,6-7,11H2,(H,12,14)/t9-/m1/s1. The van der Waals surface area contributed by atoms with Crippen molar-refractivity contribution < 1.29 is 9.90 Å². The molecule has 1 rings (SSSR count). The molecular weight excluding hydrogens is 180 g/mol. The van der Waals surface area contributed by atoms with Crippen LogP contribution in [-0.4, -0.2) is 17.6 Å². The molecule has 0 saturated carbocycles. The number of aliphatic hydroxyl groups is 1. The summed E-state index contributed by atoms with van der Waals surface area (Å²) in [5, 5.41) is 8.82. The molecule has 0 spiro atoms. The second kappa shape index (κ2) is 5.36. The van der Waals surface area contributed by atoms with Crippen LogP contribution in [0.3, 0.4) is 0 Å². The Kier molecular flexibility index (Phi) is 4.10. The van der Waals surface area contributed by atoms with E-state index >= 15 is 0 Å².